The lowest BCUT2D eigenvalue weighted by molar-refractivity contribution is -0.137. The molecular weight excluding hydrogens is 405 g/mol. The topological polar surface area (TPSA) is 77.0 Å². The SMILES string of the molecule is COc1ccc(C(F)(F)F)cc1NC(=O)CSc1ccc(-c2cccnc2)nn1. The van der Waals surface area contributed by atoms with Crippen molar-refractivity contribution in [1.82, 2.24) is 15.2 Å². The Morgan fingerprint density at radius 1 is 1.17 bits per heavy atom. The minimum atomic E-state index is -4.52. The average Bonchev–Trinajstić information content (AvgIpc) is 2.72. The normalized spacial score (nSPS) is 11.2. The Bertz CT molecular complexity index is 983. The largest absolute Gasteiger partial charge is 0.495 e. The van der Waals surface area contributed by atoms with Crippen LogP contribution in [0.15, 0.2) is 59.9 Å². The van der Waals surface area contributed by atoms with Crippen LogP contribution < -0.4 is 10.1 Å². The lowest BCUT2D eigenvalue weighted by Crippen LogP contribution is -2.16. The van der Waals surface area contributed by atoms with Crippen LogP contribution in [-0.4, -0.2) is 34.0 Å². The number of pyridine rings is 1. The van der Waals surface area contributed by atoms with E-state index in [-0.39, 0.29) is 17.2 Å². The lowest BCUT2D eigenvalue weighted by atomic mass is 10.2. The number of halogens is 3. The second-order valence-corrected chi connectivity index (χ2v) is 6.74. The van der Waals surface area contributed by atoms with Gasteiger partial charge in [0.15, 0.2) is 0 Å². The Hall–Kier alpha value is -3.14. The number of amides is 1. The predicted molar refractivity (Wildman–Crippen MR) is 103 cm³/mol. The molecule has 1 amide bonds. The molecule has 0 radical (unpaired) electrons. The maximum atomic E-state index is 12.9. The first-order valence-corrected chi connectivity index (χ1v) is 9.27. The smallest absolute Gasteiger partial charge is 0.416 e. The van der Waals surface area contributed by atoms with E-state index in [1.807, 2.05) is 6.07 Å². The Labute approximate surface area is 168 Å². The van der Waals surface area contributed by atoms with Crippen molar-refractivity contribution in [3.63, 3.8) is 0 Å². The van der Waals surface area contributed by atoms with Gasteiger partial charge in [-0.05, 0) is 42.5 Å². The van der Waals surface area contributed by atoms with Crippen LogP contribution in [0, 0.1) is 0 Å². The number of nitrogens with zero attached hydrogens (tertiary/aromatic N) is 3. The predicted octanol–water partition coefficient (Wildman–Crippen LogP) is 4.30. The number of carbonyl (C=O) groups excluding carboxylic acids is 1. The molecule has 6 nitrogen and oxygen atoms in total. The van der Waals surface area contributed by atoms with Crippen molar-refractivity contribution in [2.24, 2.45) is 0 Å². The maximum absolute atomic E-state index is 12.9. The number of alkyl halides is 3. The Morgan fingerprint density at radius 2 is 2.00 bits per heavy atom. The fourth-order valence-corrected chi connectivity index (χ4v) is 2.99. The highest BCUT2D eigenvalue weighted by atomic mass is 32.2. The van der Waals surface area contributed by atoms with E-state index in [9.17, 15) is 18.0 Å². The minimum absolute atomic E-state index is 0.0501. The van der Waals surface area contributed by atoms with Gasteiger partial charge in [-0.3, -0.25) is 9.78 Å². The van der Waals surface area contributed by atoms with E-state index in [1.165, 1.54) is 7.11 Å². The molecule has 2 aromatic heterocycles. The van der Waals surface area contributed by atoms with Gasteiger partial charge >= 0.3 is 6.18 Å². The summed E-state index contributed by atoms with van der Waals surface area (Å²) in [7, 11) is 1.31. The van der Waals surface area contributed by atoms with E-state index in [2.05, 4.69) is 20.5 Å². The first kappa shape index (κ1) is 20.6. The first-order chi connectivity index (χ1) is 13.9. The van der Waals surface area contributed by atoms with Crippen LogP contribution in [0.3, 0.4) is 0 Å². The van der Waals surface area contributed by atoms with Crippen LogP contribution in [0.4, 0.5) is 18.9 Å². The number of anilines is 1. The molecule has 3 aromatic rings. The number of carbonyl (C=O) groups is 1. The maximum Gasteiger partial charge on any atom is 0.416 e. The van der Waals surface area contributed by atoms with Gasteiger partial charge in [-0.1, -0.05) is 11.8 Å². The van der Waals surface area contributed by atoms with Gasteiger partial charge in [0, 0.05) is 18.0 Å². The quantitative estimate of drug-likeness (QED) is 0.600. The van der Waals surface area contributed by atoms with Gasteiger partial charge in [0.25, 0.3) is 0 Å². The molecule has 0 aliphatic rings. The molecule has 0 aliphatic heterocycles. The zero-order valence-corrected chi connectivity index (χ0v) is 15.9. The minimum Gasteiger partial charge on any atom is -0.495 e. The number of nitrogens with one attached hydrogen (secondary N) is 1. The third-order valence-electron chi connectivity index (χ3n) is 3.75. The zero-order chi connectivity index (χ0) is 20.9. The summed E-state index contributed by atoms with van der Waals surface area (Å²) < 4.78 is 43.7. The molecule has 10 heteroatoms. The highest BCUT2D eigenvalue weighted by molar-refractivity contribution is 7.99. The number of ether oxygens (including phenoxy) is 1. The van der Waals surface area contributed by atoms with Gasteiger partial charge in [0.1, 0.15) is 10.8 Å². The fraction of sp³-hybridized carbons (Fsp3) is 0.158. The lowest BCUT2D eigenvalue weighted by Gasteiger charge is -2.13. The van der Waals surface area contributed by atoms with E-state index < -0.39 is 17.6 Å². The van der Waals surface area contributed by atoms with Crippen LogP contribution >= 0.6 is 11.8 Å². The molecule has 1 N–H and O–H groups in total. The molecule has 0 saturated heterocycles. The molecule has 150 valence electrons. The van der Waals surface area contributed by atoms with Crippen LogP contribution in [0.2, 0.25) is 0 Å². The van der Waals surface area contributed by atoms with Crippen molar-refractivity contribution < 1.29 is 22.7 Å². The summed E-state index contributed by atoms with van der Waals surface area (Å²) in [6.45, 7) is 0. The molecule has 2 heterocycles. The number of thioether (sulfide) groups is 1. The molecule has 0 aliphatic carbocycles. The van der Waals surface area contributed by atoms with Crippen molar-refractivity contribution in [2.45, 2.75) is 11.2 Å². The van der Waals surface area contributed by atoms with Gasteiger partial charge in [-0.25, -0.2) is 0 Å². The number of aromatic nitrogens is 3. The van der Waals surface area contributed by atoms with Gasteiger partial charge < -0.3 is 10.1 Å². The highest BCUT2D eigenvalue weighted by Gasteiger charge is 2.31. The van der Waals surface area contributed by atoms with E-state index in [0.29, 0.717) is 10.7 Å². The number of hydrogen-bond acceptors (Lipinski definition) is 6. The molecule has 0 spiro atoms. The summed E-state index contributed by atoms with van der Waals surface area (Å²) in [5.74, 6) is -0.414. The molecule has 0 atom stereocenters. The van der Waals surface area contributed by atoms with Crippen molar-refractivity contribution in [1.29, 1.82) is 0 Å². The highest BCUT2D eigenvalue weighted by Crippen LogP contribution is 2.35. The van der Waals surface area contributed by atoms with Gasteiger partial charge in [-0.15, -0.1) is 10.2 Å². The van der Waals surface area contributed by atoms with Gasteiger partial charge in [0.05, 0.1) is 29.8 Å². The van der Waals surface area contributed by atoms with Crippen molar-refractivity contribution in [2.75, 3.05) is 18.2 Å². The Balaban J connectivity index is 1.63. The van der Waals surface area contributed by atoms with Gasteiger partial charge in [-0.2, -0.15) is 13.2 Å². The van der Waals surface area contributed by atoms with E-state index >= 15 is 0 Å². The van der Waals surface area contributed by atoms with E-state index in [1.54, 1.807) is 30.6 Å². The summed E-state index contributed by atoms with van der Waals surface area (Å²) in [5.41, 5.74) is 0.524. The average molecular weight is 420 g/mol. The van der Waals surface area contributed by atoms with Crippen LogP contribution in [0.25, 0.3) is 11.3 Å². The summed E-state index contributed by atoms with van der Waals surface area (Å²) in [4.78, 5) is 16.2. The number of rotatable bonds is 6. The van der Waals surface area contributed by atoms with E-state index in [4.69, 9.17) is 4.74 Å². The molecule has 0 unspecified atom stereocenters. The van der Waals surface area contributed by atoms with Crippen LogP contribution in [0.5, 0.6) is 5.75 Å². The standard InChI is InChI=1S/C19H15F3N4O2S/c1-28-16-6-4-13(19(20,21)22)9-15(16)24-17(27)11-29-18-7-5-14(25-26-18)12-3-2-8-23-10-12/h2-10H,11H2,1H3,(H,24,27). The second kappa shape index (κ2) is 8.91. The van der Waals surface area contributed by atoms with Crippen molar-refractivity contribution in [3.05, 3.63) is 60.4 Å². The Morgan fingerprint density at radius 3 is 2.62 bits per heavy atom. The van der Waals surface area contributed by atoms with Crippen molar-refractivity contribution in [3.8, 4) is 17.0 Å². The summed E-state index contributed by atoms with van der Waals surface area (Å²) in [5, 5.41) is 11.1. The summed E-state index contributed by atoms with van der Waals surface area (Å²) in [6, 6.07) is 9.98. The van der Waals surface area contributed by atoms with Crippen LogP contribution in [0.1, 0.15) is 5.56 Å². The molecule has 0 fully saturated rings. The second-order valence-electron chi connectivity index (χ2n) is 5.75. The molecule has 1 aromatic carbocycles. The first-order valence-electron chi connectivity index (χ1n) is 8.29. The third kappa shape index (κ3) is 5.44. The number of benzene rings is 1. The van der Waals surface area contributed by atoms with Gasteiger partial charge in [0.2, 0.25) is 5.91 Å². The molecule has 3 rings (SSSR count). The monoisotopic (exact) mass is 420 g/mol. The molecule has 0 saturated carbocycles. The fourth-order valence-electron chi connectivity index (χ4n) is 2.37. The van der Waals surface area contributed by atoms with E-state index in [0.717, 1.165) is 35.5 Å². The summed E-state index contributed by atoms with van der Waals surface area (Å²) >= 11 is 1.11. The number of hydrogen-bond donors (Lipinski definition) is 1. The summed E-state index contributed by atoms with van der Waals surface area (Å²) in [6.07, 6.45) is -1.21. The molecular formula is C19H15F3N4O2S. The third-order valence-corrected chi connectivity index (χ3v) is 4.67. The number of methoxy groups -OCH3 is 1. The zero-order valence-electron chi connectivity index (χ0n) is 15.1. The molecule has 29 heavy (non-hydrogen) atoms. The van der Waals surface area contributed by atoms with Crippen molar-refractivity contribution >= 4 is 23.4 Å². The Kier molecular flexibility index (Phi) is 6.32. The van der Waals surface area contributed by atoms with Crippen LogP contribution in [-0.2, 0) is 11.0 Å². The molecule has 0 bridgehead atoms.